The zero-order valence-corrected chi connectivity index (χ0v) is 26.1. The van der Waals surface area contributed by atoms with Gasteiger partial charge in [0.15, 0.2) is 5.78 Å². The van der Waals surface area contributed by atoms with Crippen molar-refractivity contribution in [3.05, 3.63) is 74.9 Å². The number of hydrogen-bond acceptors (Lipinski definition) is 9. The molecule has 0 bridgehead atoms. The van der Waals surface area contributed by atoms with E-state index < -0.39 is 0 Å². The molecule has 2 unspecified atom stereocenters. The predicted octanol–water partition coefficient (Wildman–Crippen LogP) is 6.01. The van der Waals surface area contributed by atoms with Crippen LogP contribution in [-0.4, -0.2) is 79.0 Å². The Labute approximate surface area is 260 Å². The monoisotopic (exact) mass is 625 g/mol. The third-order valence-electron chi connectivity index (χ3n) is 7.82. The van der Waals surface area contributed by atoms with E-state index in [0.29, 0.717) is 40.4 Å². The van der Waals surface area contributed by atoms with E-state index in [1.807, 2.05) is 32.2 Å². The van der Waals surface area contributed by atoms with Crippen LogP contribution in [0, 0.1) is 5.92 Å². The van der Waals surface area contributed by atoms with E-state index in [9.17, 15) is 9.59 Å². The number of fused-ring (bicyclic) bond motifs is 1. The number of nitrogens with zero attached hydrogens (tertiary/aromatic N) is 4. The van der Waals surface area contributed by atoms with Crippen molar-refractivity contribution in [2.45, 2.75) is 26.0 Å². The smallest absolute Gasteiger partial charge is 0.258 e. The van der Waals surface area contributed by atoms with E-state index in [1.165, 1.54) is 13.3 Å². The number of nitrogens with one attached hydrogen (secondary N) is 1. The molecule has 2 aliphatic heterocycles. The second-order valence-corrected chi connectivity index (χ2v) is 11.4. The Morgan fingerprint density at radius 3 is 2.65 bits per heavy atom. The van der Waals surface area contributed by atoms with Crippen molar-refractivity contribution in [2.75, 3.05) is 46.7 Å². The van der Waals surface area contributed by atoms with Gasteiger partial charge >= 0.3 is 0 Å². The van der Waals surface area contributed by atoms with Crippen LogP contribution in [0.2, 0.25) is 10.0 Å². The summed E-state index contributed by atoms with van der Waals surface area (Å²) in [7, 11) is 6.94. The van der Waals surface area contributed by atoms with E-state index in [2.05, 4.69) is 20.2 Å². The van der Waals surface area contributed by atoms with Crippen LogP contribution in [0.15, 0.2) is 48.2 Å². The second-order valence-electron chi connectivity index (χ2n) is 10.6. The van der Waals surface area contributed by atoms with Crippen molar-refractivity contribution in [1.82, 2.24) is 19.8 Å². The van der Waals surface area contributed by atoms with Gasteiger partial charge in [0, 0.05) is 44.3 Å². The number of anilines is 2. The van der Waals surface area contributed by atoms with Gasteiger partial charge in [-0.15, -0.1) is 0 Å². The average molecular weight is 627 g/mol. The zero-order chi connectivity index (χ0) is 30.8. The molecule has 43 heavy (non-hydrogen) atoms. The number of ether oxygens (including phenoxy) is 3. The van der Waals surface area contributed by atoms with Gasteiger partial charge in [0.25, 0.3) is 5.91 Å². The largest absolute Gasteiger partial charge is 0.495 e. The van der Waals surface area contributed by atoms with Gasteiger partial charge < -0.3 is 29.3 Å². The third kappa shape index (κ3) is 6.19. The summed E-state index contributed by atoms with van der Waals surface area (Å²) in [4.78, 5) is 38.9. The summed E-state index contributed by atoms with van der Waals surface area (Å²) in [5.41, 5.74) is 2.74. The molecule has 2 aromatic carbocycles. The molecule has 3 heterocycles. The SMILES string of the molecule is C/C=C(\C(=O)c1cc(OC)c(Nc2ncc(Cl)c(Oc3cccc4c3C(=O)N(C)C4)n2)cc1Cl)C1CCN(C)CC1OC. The molecule has 12 heteroatoms. The maximum absolute atomic E-state index is 13.8. The summed E-state index contributed by atoms with van der Waals surface area (Å²) in [6.07, 6.45) is 3.92. The zero-order valence-electron chi connectivity index (χ0n) is 24.6. The summed E-state index contributed by atoms with van der Waals surface area (Å²) in [6.45, 7) is 3.95. The summed E-state index contributed by atoms with van der Waals surface area (Å²) in [5, 5.41) is 3.48. The first-order chi connectivity index (χ1) is 20.6. The summed E-state index contributed by atoms with van der Waals surface area (Å²) in [5.74, 6) is 0.553. The van der Waals surface area contributed by atoms with Crippen LogP contribution in [0.5, 0.6) is 17.4 Å². The number of methoxy groups -OCH3 is 2. The maximum atomic E-state index is 13.8. The summed E-state index contributed by atoms with van der Waals surface area (Å²) < 4.78 is 17.4. The van der Waals surface area contributed by atoms with Crippen molar-refractivity contribution in [3.63, 3.8) is 0 Å². The number of carbonyl (C=O) groups is 2. The first-order valence-electron chi connectivity index (χ1n) is 13.8. The van der Waals surface area contributed by atoms with Gasteiger partial charge in [0.05, 0.1) is 35.7 Å². The van der Waals surface area contributed by atoms with Gasteiger partial charge in [-0.2, -0.15) is 4.98 Å². The van der Waals surface area contributed by atoms with Crippen LogP contribution in [0.1, 0.15) is 39.6 Å². The molecule has 0 aliphatic carbocycles. The van der Waals surface area contributed by atoms with Crippen LogP contribution in [-0.2, 0) is 11.3 Å². The Hall–Kier alpha value is -3.70. The number of aromatic nitrogens is 2. The van der Waals surface area contributed by atoms with E-state index in [4.69, 9.17) is 37.4 Å². The Morgan fingerprint density at radius 1 is 1.14 bits per heavy atom. The number of likely N-dealkylation sites (tertiary alicyclic amines) is 1. The lowest BCUT2D eigenvalue weighted by Crippen LogP contribution is -2.44. The Morgan fingerprint density at radius 2 is 1.93 bits per heavy atom. The van der Waals surface area contributed by atoms with Crippen molar-refractivity contribution in [2.24, 2.45) is 5.92 Å². The lowest BCUT2D eigenvalue weighted by Gasteiger charge is -2.36. The molecule has 1 fully saturated rings. The Kier molecular flexibility index (Phi) is 9.22. The van der Waals surface area contributed by atoms with Gasteiger partial charge in [-0.1, -0.05) is 41.4 Å². The average Bonchev–Trinajstić information content (AvgIpc) is 3.29. The Balaban J connectivity index is 1.40. The number of amides is 1. The molecule has 2 aliphatic rings. The Bertz CT molecular complexity index is 1600. The fourth-order valence-corrected chi connectivity index (χ4v) is 5.97. The van der Waals surface area contributed by atoms with E-state index in [0.717, 1.165) is 25.1 Å². The number of benzene rings is 2. The molecule has 2 atom stereocenters. The fraction of sp³-hybridized carbons (Fsp3) is 0.355. The lowest BCUT2D eigenvalue weighted by molar-refractivity contribution is 0.00880. The molecule has 0 saturated carbocycles. The molecule has 1 aromatic heterocycles. The third-order valence-corrected chi connectivity index (χ3v) is 8.39. The molecule has 1 amide bonds. The number of allylic oxidation sites excluding steroid dienone is 1. The van der Waals surface area contributed by atoms with Crippen molar-refractivity contribution >= 4 is 46.5 Å². The number of piperidine rings is 1. The standard InChI is InChI=1S/C31H33Cl2N5O5/c1-6-18(19-10-11-37(2)16-26(19)42-5)28(39)20-12-25(41-4)23(13-21(20)32)35-31-34-14-22(33)29(36-31)43-24-9-7-8-17-15-38(3)30(40)27(17)24/h6-9,12-14,19,26H,10-11,15-16H2,1-5H3,(H,34,35,36)/b18-6-. The molecule has 10 nitrogen and oxygen atoms in total. The fourth-order valence-electron chi connectivity index (χ4n) is 5.59. The van der Waals surface area contributed by atoms with Crippen molar-refractivity contribution in [1.29, 1.82) is 0 Å². The van der Waals surface area contributed by atoms with Gasteiger partial charge in [0.1, 0.15) is 16.5 Å². The maximum Gasteiger partial charge on any atom is 0.258 e. The second kappa shape index (κ2) is 12.9. The molecule has 1 saturated heterocycles. The van der Waals surface area contributed by atoms with E-state index in [-0.39, 0.29) is 45.6 Å². The molecule has 0 spiro atoms. The minimum absolute atomic E-state index is 0.0546. The number of hydrogen-bond donors (Lipinski definition) is 1. The minimum atomic E-state index is -0.178. The first-order valence-corrected chi connectivity index (χ1v) is 14.5. The van der Waals surface area contributed by atoms with Crippen LogP contribution in [0.25, 0.3) is 0 Å². The normalized spacial score (nSPS) is 18.9. The predicted molar refractivity (Wildman–Crippen MR) is 165 cm³/mol. The highest BCUT2D eigenvalue weighted by atomic mass is 35.5. The number of rotatable bonds is 9. The summed E-state index contributed by atoms with van der Waals surface area (Å²) in [6, 6.07) is 8.59. The summed E-state index contributed by atoms with van der Waals surface area (Å²) >= 11 is 13.1. The number of carbonyl (C=O) groups excluding carboxylic acids is 2. The van der Waals surface area contributed by atoms with Crippen LogP contribution < -0.4 is 14.8 Å². The van der Waals surface area contributed by atoms with Gasteiger partial charge in [-0.3, -0.25) is 9.59 Å². The highest BCUT2D eigenvalue weighted by Gasteiger charge is 2.34. The minimum Gasteiger partial charge on any atom is -0.495 e. The molecule has 0 radical (unpaired) electrons. The molecule has 5 rings (SSSR count). The molecule has 226 valence electrons. The van der Waals surface area contributed by atoms with Crippen LogP contribution in [0.3, 0.4) is 0 Å². The number of ketones is 1. The quantitative estimate of drug-likeness (QED) is 0.226. The molecule has 1 N–H and O–H groups in total. The van der Waals surface area contributed by atoms with Gasteiger partial charge in [-0.05, 0) is 50.7 Å². The highest BCUT2D eigenvalue weighted by Crippen LogP contribution is 2.38. The lowest BCUT2D eigenvalue weighted by atomic mass is 9.82. The van der Waals surface area contributed by atoms with Crippen molar-refractivity contribution in [3.8, 4) is 17.4 Å². The van der Waals surface area contributed by atoms with Crippen LogP contribution >= 0.6 is 23.2 Å². The van der Waals surface area contributed by atoms with Crippen LogP contribution in [0.4, 0.5) is 11.6 Å². The molecular weight excluding hydrogens is 593 g/mol. The highest BCUT2D eigenvalue weighted by molar-refractivity contribution is 6.35. The van der Waals surface area contributed by atoms with Crippen molar-refractivity contribution < 1.29 is 23.8 Å². The van der Waals surface area contributed by atoms with Gasteiger partial charge in [-0.25, -0.2) is 4.98 Å². The number of halogens is 2. The first kappa shape index (κ1) is 30.7. The molecular formula is C31H33Cl2N5O5. The van der Waals surface area contributed by atoms with E-state index >= 15 is 0 Å². The molecule has 3 aromatic rings. The number of likely N-dealkylation sites (N-methyl/N-ethyl adjacent to an activating group) is 1. The topological polar surface area (TPSA) is 106 Å². The number of Topliss-reactive ketones (excluding diaryl/α,β-unsaturated/α-hetero) is 1. The van der Waals surface area contributed by atoms with Gasteiger partial charge in [0.2, 0.25) is 11.8 Å². The van der Waals surface area contributed by atoms with E-state index in [1.54, 1.807) is 37.3 Å².